The summed E-state index contributed by atoms with van der Waals surface area (Å²) in [6, 6.07) is 0. The van der Waals surface area contributed by atoms with Gasteiger partial charge in [0.2, 0.25) is 0 Å². The lowest BCUT2D eigenvalue weighted by molar-refractivity contribution is 0.177. The van der Waals surface area contributed by atoms with Crippen molar-refractivity contribution in [3.8, 4) is 0 Å². The summed E-state index contributed by atoms with van der Waals surface area (Å²) in [4.78, 5) is 2.59. The van der Waals surface area contributed by atoms with Gasteiger partial charge >= 0.3 is 0 Å². The third-order valence-electron chi connectivity index (χ3n) is 3.66. The maximum atomic E-state index is 8.67. The molecule has 0 saturated carbocycles. The molecule has 1 saturated heterocycles. The third-order valence-corrected chi connectivity index (χ3v) is 3.66. The Hall–Kier alpha value is -0.120. The molecule has 0 amide bonds. The molecule has 0 aromatic rings. The van der Waals surface area contributed by atoms with Gasteiger partial charge < -0.3 is 15.7 Å². The number of likely N-dealkylation sites (tertiary alicyclic amines) is 1. The van der Waals surface area contributed by atoms with Crippen LogP contribution >= 0.6 is 0 Å². The largest absolute Gasteiger partial charge is 0.396 e. The fraction of sp³-hybridized carbons (Fsp3) is 1.00. The molecular formula is C13H28N2O. The van der Waals surface area contributed by atoms with Crippen LogP contribution in [-0.4, -0.2) is 42.8 Å². The number of rotatable bonds is 8. The van der Waals surface area contributed by atoms with E-state index in [9.17, 15) is 0 Å². The van der Waals surface area contributed by atoms with E-state index in [0.717, 1.165) is 18.9 Å². The van der Waals surface area contributed by atoms with E-state index in [4.69, 9.17) is 10.8 Å². The fourth-order valence-electron chi connectivity index (χ4n) is 2.54. The molecule has 96 valence electrons. The van der Waals surface area contributed by atoms with Crippen LogP contribution in [-0.2, 0) is 0 Å². The summed E-state index contributed by atoms with van der Waals surface area (Å²) in [5.74, 6) is 0.885. The monoisotopic (exact) mass is 228 g/mol. The molecule has 0 aliphatic carbocycles. The predicted octanol–water partition coefficient (Wildman–Crippen LogP) is 1.60. The van der Waals surface area contributed by atoms with Crippen molar-refractivity contribution in [2.45, 2.75) is 44.9 Å². The van der Waals surface area contributed by atoms with Gasteiger partial charge in [0.05, 0.1) is 0 Å². The van der Waals surface area contributed by atoms with Crippen LogP contribution in [0.5, 0.6) is 0 Å². The first-order valence-corrected chi connectivity index (χ1v) is 6.90. The summed E-state index contributed by atoms with van der Waals surface area (Å²) in [6.07, 6.45) is 8.61. The van der Waals surface area contributed by atoms with Crippen molar-refractivity contribution in [3.05, 3.63) is 0 Å². The number of unbranched alkanes of at least 4 members (excludes halogenated alkanes) is 3. The number of nitrogens with two attached hydrogens (primary N) is 1. The zero-order valence-corrected chi connectivity index (χ0v) is 10.5. The molecule has 3 heteroatoms. The molecule has 0 aromatic carbocycles. The topological polar surface area (TPSA) is 49.5 Å². The van der Waals surface area contributed by atoms with Gasteiger partial charge in [-0.25, -0.2) is 0 Å². The quantitative estimate of drug-likeness (QED) is 0.620. The lowest BCUT2D eigenvalue weighted by Gasteiger charge is -2.31. The SMILES string of the molecule is NCCC1CCN(CCCCCCO)CC1. The summed E-state index contributed by atoms with van der Waals surface area (Å²) in [6.45, 7) is 4.99. The van der Waals surface area contributed by atoms with Crippen molar-refractivity contribution in [2.75, 3.05) is 32.8 Å². The van der Waals surface area contributed by atoms with Crippen LogP contribution in [0.2, 0.25) is 0 Å². The van der Waals surface area contributed by atoms with Crippen molar-refractivity contribution < 1.29 is 5.11 Å². The highest BCUT2D eigenvalue weighted by atomic mass is 16.2. The fourth-order valence-corrected chi connectivity index (χ4v) is 2.54. The Balaban J connectivity index is 1.95. The molecule has 1 aliphatic rings. The van der Waals surface area contributed by atoms with Crippen LogP contribution in [0.15, 0.2) is 0 Å². The van der Waals surface area contributed by atoms with Gasteiger partial charge in [0.15, 0.2) is 0 Å². The van der Waals surface area contributed by atoms with Gasteiger partial charge in [-0.05, 0) is 64.2 Å². The van der Waals surface area contributed by atoms with Crippen molar-refractivity contribution in [2.24, 2.45) is 11.7 Å². The zero-order chi connectivity index (χ0) is 11.6. The predicted molar refractivity (Wildman–Crippen MR) is 68.4 cm³/mol. The molecular weight excluding hydrogens is 200 g/mol. The molecule has 16 heavy (non-hydrogen) atoms. The average molecular weight is 228 g/mol. The standard InChI is InChI=1S/C13H28N2O/c14-8-5-13-6-10-15(11-7-13)9-3-1-2-4-12-16/h13,16H,1-12,14H2. The van der Waals surface area contributed by atoms with Gasteiger partial charge in [-0.2, -0.15) is 0 Å². The number of nitrogens with zero attached hydrogens (tertiary/aromatic N) is 1. The minimum atomic E-state index is 0.352. The zero-order valence-electron chi connectivity index (χ0n) is 10.5. The molecule has 1 aliphatic heterocycles. The van der Waals surface area contributed by atoms with Gasteiger partial charge in [-0.15, -0.1) is 0 Å². The van der Waals surface area contributed by atoms with Crippen molar-refractivity contribution >= 4 is 0 Å². The second-order valence-corrected chi connectivity index (χ2v) is 5.00. The molecule has 1 fully saturated rings. The lowest BCUT2D eigenvalue weighted by atomic mass is 9.93. The van der Waals surface area contributed by atoms with E-state index in [1.54, 1.807) is 0 Å². The second-order valence-electron chi connectivity index (χ2n) is 5.00. The maximum absolute atomic E-state index is 8.67. The van der Waals surface area contributed by atoms with E-state index in [1.165, 1.54) is 58.2 Å². The number of hydrogen-bond donors (Lipinski definition) is 2. The molecule has 0 spiro atoms. The van der Waals surface area contributed by atoms with E-state index in [0.29, 0.717) is 6.61 Å². The Kier molecular flexibility index (Phi) is 7.81. The highest BCUT2D eigenvalue weighted by Gasteiger charge is 2.17. The first-order valence-electron chi connectivity index (χ1n) is 6.90. The highest BCUT2D eigenvalue weighted by Crippen LogP contribution is 2.20. The van der Waals surface area contributed by atoms with Gasteiger partial charge in [-0.1, -0.05) is 12.8 Å². The molecule has 0 unspecified atom stereocenters. The highest BCUT2D eigenvalue weighted by molar-refractivity contribution is 4.72. The molecule has 3 nitrogen and oxygen atoms in total. The lowest BCUT2D eigenvalue weighted by Crippen LogP contribution is -2.34. The minimum Gasteiger partial charge on any atom is -0.396 e. The summed E-state index contributed by atoms with van der Waals surface area (Å²) in [7, 11) is 0. The Labute approximate surface area is 100 Å². The van der Waals surface area contributed by atoms with E-state index in [-0.39, 0.29) is 0 Å². The molecule has 0 bridgehead atoms. The molecule has 0 radical (unpaired) electrons. The van der Waals surface area contributed by atoms with Crippen molar-refractivity contribution in [1.29, 1.82) is 0 Å². The van der Waals surface area contributed by atoms with Crippen molar-refractivity contribution in [1.82, 2.24) is 4.90 Å². The smallest absolute Gasteiger partial charge is 0.0431 e. The maximum Gasteiger partial charge on any atom is 0.0431 e. The molecule has 0 aromatic heterocycles. The summed E-state index contributed by atoms with van der Waals surface area (Å²) >= 11 is 0. The average Bonchev–Trinajstić information content (AvgIpc) is 2.31. The van der Waals surface area contributed by atoms with Crippen LogP contribution in [0, 0.1) is 5.92 Å². The summed E-state index contributed by atoms with van der Waals surface area (Å²) in [5, 5.41) is 8.67. The normalized spacial score (nSPS) is 19.1. The van der Waals surface area contributed by atoms with Crippen LogP contribution < -0.4 is 5.73 Å². The van der Waals surface area contributed by atoms with Crippen LogP contribution in [0.3, 0.4) is 0 Å². The van der Waals surface area contributed by atoms with Crippen LogP contribution in [0.4, 0.5) is 0 Å². The molecule has 1 heterocycles. The Morgan fingerprint density at radius 1 is 1.06 bits per heavy atom. The first kappa shape index (κ1) is 13.9. The number of piperidine rings is 1. The number of aliphatic hydroxyl groups excluding tert-OH is 1. The van der Waals surface area contributed by atoms with Gasteiger partial charge in [-0.3, -0.25) is 0 Å². The van der Waals surface area contributed by atoms with E-state index >= 15 is 0 Å². The van der Waals surface area contributed by atoms with Gasteiger partial charge in [0, 0.05) is 6.61 Å². The van der Waals surface area contributed by atoms with Gasteiger partial charge in [0.25, 0.3) is 0 Å². The minimum absolute atomic E-state index is 0.352. The molecule has 1 rings (SSSR count). The Bertz CT molecular complexity index is 156. The number of aliphatic hydroxyl groups is 1. The van der Waals surface area contributed by atoms with Gasteiger partial charge in [0.1, 0.15) is 0 Å². The summed E-state index contributed by atoms with van der Waals surface area (Å²) < 4.78 is 0. The Morgan fingerprint density at radius 3 is 2.38 bits per heavy atom. The van der Waals surface area contributed by atoms with E-state index in [2.05, 4.69) is 4.90 Å². The molecule has 0 atom stereocenters. The van der Waals surface area contributed by atoms with E-state index < -0.39 is 0 Å². The Morgan fingerprint density at radius 2 is 1.75 bits per heavy atom. The van der Waals surface area contributed by atoms with E-state index in [1.807, 2.05) is 0 Å². The first-order chi connectivity index (χ1) is 7.86. The second kappa shape index (κ2) is 8.97. The number of hydrogen-bond acceptors (Lipinski definition) is 3. The third kappa shape index (κ3) is 5.83. The summed E-state index contributed by atoms with van der Waals surface area (Å²) in [5.41, 5.74) is 5.59. The van der Waals surface area contributed by atoms with Crippen molar-refractivity contribution in [3.63, 3.8) is 0 Å². The van der Waals surface area contributed by atoms with Crippen LogP contribution in [0.25, 0.3) is 0 Å². The molecule has 3 N–H and O–H groups in total. The van der Waals surface area contributed by atoms with Crippen LogP contribution in [0.1, 0.15) is 44.9 Å².